The molecule has 24 heavy (non-hydrogen) atoms. The summed E-state index contributed by atoms with van der Waals surface area (Å²) in [5.74, 6) is -0.272. The summed E-state index contributed by atoms with van der Waals surface area (Å²) < 4.78 is 31.7. The van der Waals surface area contributed by atoms with E-state index in [4.69, 9.17) is 16.2 Å². The molecule has 0 unspecified atom stereocenters. The molecule has 6 nitrogen and oxygen atoms in total. The summed E-state index contributed by atoms with van der Waals surface area (Å²) >= 11 is 5.89. The van der Waals surface area contributed by atoms with Crippen LogP contribution in [0.4, 0.5) is 11.4 Å². The Morgan fingerprint density at radius 1 is 0.917 bits per heavy atom. The first-order valence-corrected chi connectivity index (χ1v) is 8.56. The van der Waals surface area contributed by atoms with E-state index in [0.717, 1.165) is 6.07 Å². The lowest BCUT2D eigenvalue weighted by Crippen LogP contribution is -1.98. The van der Waals surface area contributed by atoms with Gasteiger partial charge in [-0.25, -0.2) is 0 Å². The minimum atomic E-state index is -4.44. The summed E-state index contributed by atoms with van der Waals surface area (Å²) in [6.45, 7) is 0. The van der Waals surface area contributed by atoms with Crippen LogP contribution in [-0.4, -0.2) is 23.2 Å². The molecule has 0 amide bonds. The first-order chi connectivity index (χ1) is 11.2. The van der Waals surface area contributed by atoms with Crippen molar-refractivity contribution < 1.29 is 23.2 Å². The zero-order chi connectivity index (χ0) is 17.5. The largest absolute Gasteiger partial charge is 0.507 e. The van der Waals surface area contributed by atoms with Crippen molar-refractivity contribution in [2.75, 3.05) is 5.32 Å². The first kappa shape index (κ1) is 16.4. The summed E-state index contributed by atoms with van der Waals surface area (Å²) in [6, 6.07) is 11.5. The van der Waals surface area contributed by atoms with Crippen molar-refractivity contribution in [3.8, 4) is 11.5 Å². The Kier molecular flexibility index (Phi) is 4.00. The molecule has 3 rings (SSSR count). The summed E-state index contributed by atoms with van der Waals surface area (Å²) in [7, 11) is -4.44. The Morgan fingerprint density at radius 2 is 1.67 bits per heavy atom. The first-order valence-electron chi connectivity index (χ1n) is 6.74. The number of aromatic hydroxyl groups is 2. The molecule has 0 aliphatic carbocycles. The molecule has 0 aliphatic heterocycles. The number of fused-ring (bicyclic) bond motifs is 1. The van der Waals surface area contributed by atoms with Crippen molar-refractivity contribution >= 4 is 43.9 Å². The molecular weight excluding hydrogens is 354 g/mol. The number of hydrogen-bond donors (Lipinski definition) is 4. The smallest absolute Gasteiger partial charge is 0.294 e. The van der Waals surface area contributed by atoms with Crippen LogP contribution in [0.15, 0.2) is 53.4 Å². The predicted molar refractivity (Wildman–Crippen MR) is 91.8 cm³/mol. The Labute approximate surface area is 142 Å². The van der Waals surface area contributed by atoms with Crippen LogP contribution >= 0.6 is 11.6 Å². The highest BCUT2D eigenvalue weighted by Crippen LogP contribution is 2.33. The number of phenolic OH excluding ortho intramolecular Hbond substituents is 2. The van der Waals surface area contributed by atoms with Crippen molar-refractivity contribution in [1.82, 2.24) is 0 Å². The Hall–Kier alpha value is -2.48. The van der Waals surface area contributed by atoms with Crippen LogP contribution in [0.3, 0.4) is 0 Å². The van der Waals surface area contributed by atoms with Gasteiger partial charge in [0, 0.05) is 22.2 Å². The molecule has 0 saturated heterocycles. The summed E-state index contributed by atoms with van der Waals surface area (Å²) in [6.07, 6.45) is 0. The zero-order valence-electron chi connectivity index (χ0n) is 12.1. The maximum atomic E-state index is 11.3. The Morgan fingerprint density at radius 3 is 2.38 bits per heavy atom. The van der Waals surface area contributed by atoms with Gasteiger partial charge in [-0.3, -0.25) is 4.55 Å². The zero-order valence-corrected chi connectivity index (χ0v) is 13.6. The van der Waals surface area contributed by atoms with Gasteiger partial charge >= 0.3 is 0 Å². The van der Waals surface area contributed by atoms with Crippen molar-refractivity contribution in [3.63, 3.8) is 0 Å². The molecule has 0 saturated carbocycles. The third kappa shape index (κ3) is 3.23. The Balaban J connectivity index is 2.09. The van der Waals surface area contributed by atoms with Crippen LogP contribution in [0.25, 0.3) is 10.8 Å². The van der Waals surface area contributed by atoms with Crippen LogP contribution in [0.2, 0.25) is 5.02 Å². The summed E-state index contributed by atoms with van der Waals surface area (Å²) in [4.78, 5) is -0.407. The lowest BCUT2D eigenvalue weighted by molar-refractivity contribution is 0.471. The highest BCUT2D eigenvalue weighted by molar-refractivity contribution is 7.85. The molecule has 0 heterocycles. The number of anilines is 2. The summed E-state index contributed by atoms with van der Waals surface area (Å²) in [5, 5.41) is 24.0. The van der Waals surface area contributed by atoms with E-state index in [9.17, 15) is 18.6 Å². The van der Waals surface area contributed by atoms with Gasteiger partial charge < -0.3 is 15.5 Å². The monoisotopic (exact) mass is 365 g/mol. The fraction of sp³-hybridized carbons (Fsp3) is 0. The van der Waals surface area contributed by atoms with Crippen molar-refractivity contribution in [1.29, 1.82) is 0 Å². The lowest BCUT2D eigenvalue weighted by Gasteiger charge is -2.11. The fourth-order valence-electron chi connectivity index (χ4n) is 2.31. The second-order valence-corrected chi connectivity index (χ2v) is 7.00. The number of nitrogens with one attached hydrogen (secondary N) is 1. The van der Waals surface area contributed by atoms with E-state index < -0.39 is 15.0 Å². The quantitative estimate of drug-likeness (QED) is 0.414. The van der Waals surface area contributed by atoms with E-state index in [1.807, 2.05) is 0 Å². The fourth-order valence-corrected chi connectivity index (χ4v) is 3.02. The summed E-state index contributed by atoms with van der Waals surface area (Å²) in [5.41, 5.74) is 0.906. The van der Waals surface area contributed by atoms with E-state index in [0.29, 0.717) is 27.2 Å². The van der Waals surface area contributed by atoms with Gasteiger partial charge in [-0.05, 0) is 47.9 Å². The lowest BCUT2D eigenvalue weighted by atomic mass is 10.1. The molecule has 3 aromatic rings. The van der Waals surface area contributed by atoms with Crippen LogP contribution in [0.1, 0.15) is 0 Å². The van der Waals surface area contributed by atoms with Crippen molar-refractivity contribution in [2.45, 2.75) is 4.90 Å². The second-order valence-electron chi connectivity index (χ2n) is 5.14. The average Bonchev–Trinajstić information content (AvgIpc) is 2.49. The average molecular weight is 366 g/mol. The van der Waals surface area contributed by atoms with E-state index in [1.165, 1.54) is 18.2 Å². The number of hydrogen-bond acceptors (Lipinski definition) is 5. The molecule has 0 atom stereocenters. The molecule has 0 fully saturated rings. The molecule has 0 aliphatic rings. The number of rotatable bonds is 3. The van der Waals surface area contributed by atoms with Crippen molar-refractivity contribution in [3.05, 3.63) is 53.6 Å². The number of halogens is 1. The van der Waals surface area contributed by atoms with E-state index in [1.54, 1.807) is 24.3 Å². The standard InChI is InChI=1S/C16H12ClNO5S/c17-10-1-4-15(19)14(7-10)18-11-2-3-13-9(5-11)6-12(8-16(13)20)24(21,22)23/h1-8,18-20H,(H,21,22,23). The Bertz CT molecular complexity index is 1050. The van der Waals surface area contributed by atoms with Crippen LogP contribution in [0, 0.1) is 0 Å². The van der Waals surface area contributed by atoms with Gasteiger partial charge in [0.15, 0.2) is 0 Å². The molecule has 3 aromatic carbocycles. The van der Waals surface area contributed by atoms with E-state index in [2.05, 4.69) is 5.32 Å². The maximum absolute atomic E-state index is 11.3. The van der Waals surface area contributed by atoms with Crippen molar-refractivity contribution in [2.24, 2.45) is 0 Å². The normalized spacial score (nSPS) is 11.6. The topological polar surface area (TPSA) is 107 Å². The van der Waals surface area contributed by atoms with E-state index >= 15 is 0 Å². The minimum Gasteiger partial charge on any atom is -0.507 e. The molecule has 0 bridgehead atoms. The van der Waals surface area contributed by atoms with Crippen LogP contribution in [-0.2, 0) is 10.1 Å². The van der Waals surface area contributed by atoms with Gasteiger partial charge in [0.1, 0.15) is 11.5 Å². The minimum absolute atomic E-state index is 0.00553. The van der Waals surface area contributed by atoms with Gasteiger partial charge in [-0.2, -0.15) is 8.42 Å². The third-order valence-corrected chi connectivity index (χ3v) is 4.51. The van der Waals surface area contributed by atoms with Gasteiger partial charge in [0.05, 0.1) is 10.6 Å². The molecule has 0 radical (unpaired) electrons. The number of benzene rings is 3. The predicted octanol–water partition coefficient (Wildman–Crippen LogP) is 3.89. The molecule has 4 N–H and O–H groups in total. The molecule has 124 valence electrons. The SMILES string of the molecule is O=S(=O)(O)c1cc(O)c2ccc(Nc3cc(Cl)ccc3O)cc2c1. The highest BCUT2D eigenvalue weighted by Gasteiger charge is 2.13. The third-order valence-electron chi connectivity index (χ3n) is 3.44. The molecule has 8 heteroatoms. The van der Waals surface area contributed by atoms with Gasteiger partial charge in [-0.15, -0.1) is 0 Å². The van der Waals surface area contributed by atoms with Crippen LogP contribution < -0.4 is 5.32 Å². The number of phenols is 2. The van der Waals surface area contributed by atoms with Gasteiger partial charge in [0.25, 0.3) is 10.1 Å². The highest BCUT2D eigenvalue weighted by atomic mass is 35.5. The van der Waals surface area contributed by atoms with Gasteiger partial charge in [0.2, 0.25) is 0 Å². The van der Waals surface area contributed by atoms with Crippen LogP contribution in [0.5, 0.6) is 11.5 Å². The van der Waals surface area contributed by atoms with E-state index in [-0.39, 0.29) is 11.5 Å². The molecular formula is C16H12ClNO5S. The molecule has 0 aromatic heterocycles. The second kappa shape index (κ2) is 5.86. The van der Waals surface area contributed by atoms with Gasteiger partial charge in [-0.1, -0.05) is 11.6 Å². The maximum Gasteiger partial charge on any atom is 0.294 e. The molecule has 0 spiro atoms.